The van der Waals surface area contributed by atoms with Crippen LogP contribution in [0, 0.1) is 5.92 Å². The van der Waals surface area contributed by atoms with Crippen molar-refractivity contribution in [1.29, 1.82) is 0 Å². The van der Waals surface area contributed by atoms with Gasteiger partial charge in [0, 0.05) is 13.1 Å². The van der Waals surface area contributed by atoms with Crippen LogP contribution in [-0.2, 0) is 4.79 Å². The van der Waals surface area contributed by atoms with Gasteiger partial charge in [-0.05, 0) is 19.8 Å². The van der Waals surface area contributed by atoms with Crippen LogP contribution >= 0.6 is 0 Å². The van der Waals surface area contributed by atoms with Gasteiger partial charge in [0.2, 0.25) is 0 Å². The number of nitrogens with one attached hydrogen (secondary N) is 1. The smallest absolute Gasteiger partial charge is 0.326 e. The molecule has 0 aliphatic carbocycles. The number of carboxylic acid groups (broad SMARTS) is 1. The third-order valence-corrected chi connectivity index (χ3v) is 2.81. The number of rotatable bonds is 6. The summed E-state index contributed by atoms with van der Waals surface area (Å²) in [7, 11) is 0. The zero-order valence-corrected chi connectivity index (χ0v) is 10.5. The lowest BCUT2D eigenvalue weighted by atomic mass is 9.99. The Morgan fingerprint density at radius 1 is 1.25 bits per heavy atom. The van der Waals surface area contributed by atoms with Gasteiger partial charge in [-0.1, -0.05) is 20.3 Å². The molecular formula is C11H22N2O3. The molecule has 16 heavy (non-hydrogen) atoms. The number of nitrogens with zero attached hydrogens (tertiary/aromatic N) is 1. The van der Waals surface area contributed by atoms with Crippen LogP contribution in [0.15, 0.2) is 0 Å². The Balaban J connectivity index is 4.51. The normalized spacial score (nSPS) is 14.0. The van der Waals surface area contributed by atoms with Crippen LogP contribution in [0.3, 0.4) is 0 Å². The summed E-state index contributed by atoms with van der Waals surface area (Å²) in [5.41, 5.74) is 0. The molecule has 0 spiro atoms. The fraction of sp³-hybridized carbons (Fsp3) is 0.818. The number of carbonyl (C=O) groups is 2. The van der Waals surface area contributed by atoms with E-state index in [1.165, 1.54) is 0 Å². The Morgan fingerprint density at radius 2 is 1.75 bits per heavy atom. The highest BCUT2D eigenvalue weighted by Gasteiger charge is 2.26. The largest absolute Gasteiger partial charge is 0.480 e. The van der Waals surface area contributed by atoms with E-state index in [1.54, 1.807) is 4.90 Å². The molecule has 5 heteroatoms. The van der Waals surface area contributed by atoms with E-state index in [-0.39, 0.29) is 11.9 Å². The molecule has 0 aliphatic heterocycles. The Morgan fingerprint density at radius 3 is 2.06 bits per heavy atom. The summed E-state index contributed by atoms with van der Waals surface area (Å²) in [5.74, 6) is -1.05. The van der Waals surface area contributed by atoms with Crippen molar-refractivity contribution in [1.82, 2.24) is 10.2 Å². The molecule has 0 radical (unpaired) electrons. The van der Waals surface area contributed by atoms with Crippen LogP contribution in [0.4, 0.5) is 4.79 Å². The number of aliphatic carboxylic acids is 1. The first-order valence-corrected chi connectivity index (χ1v) is 5.76. The molecular weight excluding hydrogens is 208 g/mol. The van der Waals surface area contributed by atoms with Crippen molar-refractivity contribution < 1.29 is 14.7 Å². The zero-order valence-electron chi connectivity index (χ0n) is 10.5. The molecule has 5 nitrogen and oxygen atoms in total. The summed E-state index contributed by atoms with van der Waals surface area (Å²) >= 11 is 0. The molecule has 2 N–H and O–H groups in total. The molecule has 2 amide bonds. The van der Waals surface area contributed by atoms with Gasteiger partial charge >= 0.3 is 12.0 Å². The fourth-order valence-corrected chi connectivity index (χ4v) is 1.42. The molecule has 0 aromatic heterocycles. The molecule has 0 heterocycles. The first kappa shape index (κ1) is 14.7. The Bertz CT molecular complexity index is 239. The summed E-state index contributed by atoms with van der Waals surface area (Å²) < 4.78 is 0. The minimum absolute atomic E-state index is 0.0722. The second-order valence-corrected chi connectivity index (χ2v) is 3.82. The number of amides is 2. The van der Waals surface area contributed by atoms with Crippen LogP contribution in [-0.4, -0.2) is 41.1 Å². The Hall–Kier alpha value is -1.26. The van der Waals surface area contributed by atoms with E-state index in [0.29, 0.717) is 13.1 Å². The third-order valence-electron chi connectivity index (χ3n) is 2.81. The standard InChI is InChI=1S/C11H22N2O3/c1-5-8(4)9(10(14)15)12-11(16)13(6-2)7-3/h8-9H,5-7H2,1-4H3,(H,12,16)(H,14,15)/t8-,9-/m0/s1. The number of carbonyl (C=O) groups excluding carboxylic acids is 1. The topological polar surface area (TPSA) is 69.6 Å². The van der Waals surface area contributed by atoms with E-state index >= 15 is 0 Å². The van der Waals surface area contributed by atoms with Gasteiger partial charge in [-0.25, -0.2) is 9.59 Å². The fourth-order valence-electron chi connectivity index (χ4n) is 1.42. The summed E-state index contributed by atoms with van der Waals surface area (Å²) in [6.07, 6.45) is 0.718. The van der Waals surface area contributed by atoms with E-state index in [0.717, 1.165) is 6.42 Å². The minimum atomic E-state index is -0.977. The maximum absolute atomic E-state index is 11.7. The Labute approximate surface area is 96.8 Å². The van der Waals surface area contributed by atoms with Gasteiger partial charge in [-0.15, -0.1) is 0 Å². The SMILES string of the molecule is CC[C@H](C)[C@H](NC(=O)N(CC)CC)C(=O)O. The Kier molecular flexibility index (Phi) is 6.53. The average molecular weight is 230 g/mol. The first-order chi connectivity index (χ1) is 7.47. The van der Waals surface area contributed by atoms with Gasteiger partial charge in [0.15, 0.2) is 0 Å². The molecule has 94 valence electrons. The molecule has 0 bridgehead atoms. The van der Waals surface area contributed by atoms with E-state index < -0.39 is 12.0 Å². The predicted molar refractivity (Wildman–Crippen MR) is 62.3 cm³/mol. The second kappa shape index (κ2) is 7.09. The highest BCUT2D eigenvalue weighted by molar-refractivity contribution is 5.82. The second-order valence-electron chi connectivity index (χ2n) is 3.82. The minimum Gasteiger partial charge on any atom is -0.480 e. The predicted octanol–water partition coefficient (Wildman–Crippen LogP) is 1.54. The van der Waals surface area contributed by atoms with Crippen molar-refractivity contribution in [2.75, 3.05) is 13.1 Å². The summed E-state index contributed by atoms with van der Waals surface area (Å²) in [6.45, 7) is 8.61. The van der Waals surface area contributed by atoms with Gasteiger partial charge in [-0.2, -0.15) is 0 Å². The van der Waals surface area contributed by atoms with Crippen LogP contribution in [0.2, 0.25) is 0 Å². The summed E-state index contributed by atoms with van der Waals surface area (Å²) in [4.78, 5) is 24.3. The average Bonchev–Trinajstić information content (AvgIpc) is 2.26. The number of hydrogen-bond donors (Lipinski definition) is 2. The monoisotopic (exact) mass is 230 g/mol. The van der Waals surface area contributed by atoms with Gasteiger partial charge in [-0.3, -0.25) is 0 Å². The van der Waals surface area contributed by atoms with Crippen LogP contribution < -0.4 is 5.32 Å². The van der Waals surface area contributed by atoms with Crippen molar-refractivity contribution in [2.45, 2.75) is 40.2 Å². The molecule has 0 unspecified atom stereocenters. The maximum Gasteiger partial charge on any atom is 0.326 e. The molecule has 0 saturated carbocycles. The molecule has 0 aliphatic rings. The lowest BCUT2D eigenvalue weighted by Crippen LogP contribution is -2.50. The van der Waals surface area contributed by atoms with Crippen LogP contribution in [0.5, 0.6) is 0 Å². The lowest BCUT2D eigenvalue weighted by molar-refractivity contribution is -0.140. The van der Waals surface area contributed by atoms with Crippen molar-refractivity contribution in [3.05, 3.63) is 0 Å². The van der Waals surface area contributed by atoms with Gasteiger partial charge in [0.1, 0.15) is 6.04 Å². The summed E-state index contributed by atoms with van der Waals surface area (Å²) in [5, 5.41) is 11.6. The summed E-state index contributed by atoms with van der Waals surface area (Å²) in [6, 6.07) is -1.12. The van der Waals surface area contributed by atoms with E-state index in [2.05, 4.69) is 5.32 Å². The number of urea groups is 1. The molecule has 0 aromatic rings. The third kappa shape index (κ3) is 4.08. The number of hydrogen-bond acceptors (Lipinski definition) is 2. The highest BCUT2D eigenvalue weighted by Crippen LogP contribution is 2.08. The van der Waals surface area contributed by atoms with Gasteiger partial charge in [0.05, 0.1) is 0 Å². The quantitative estimate of drug-likeness (QED) is 0.727. The molecule has 0 aromatic carbocycles. The molecule has 0 saturated heterocycles. The van der Waals surface area contributed by atoms with Crippen molar-refractivity contribution >= 4 is 12.0 Å². The van der Waals surface area contributed by atoms with Gasteiger partial charge in [0.25, 0.3) is 0 Å². The maximum atomic E-state index is 11.7. The van der Waals surface area contributed by atoms with Crippen LogP contribution in [0.1, 0.15) is 34.1 Å². The first-order valence-electron chi connectivity index (χ1n) is 5.76. The van der Waals surface area contributed by atoms with Crippen molar-refractivity contribution in [3.8, 4) is 0 Å². The van der Waals surface area contributed by atoms with E-state index in [4.69, 9.17) is 5.11 Å². The number of carboxylic acids is 1. The zero-order chi connectivity index (χ0) is 12.7. The highest BCUT2D eigenvalue weighted by atomic mass is 16.4. The van der Waals surface area contributed by atoms with E-state index in [1.807, 2.05) is 27.7 Å². The van der Waals surface area contributed by atoms with Crippen molar-refractivity contribution in [2.24, 2.45) is 5.92 Å². The van der Waals surface area contributed by atoms with Gasteiger partial charge < -0.3 is 15.3 Å². The molecule has 2 atom stereocenters. The lowest BCUT2D eigenvalue weighted by Gasteiger charge is -2.25. The van der Waals surface area contributed by atoms with E-state index in [9.17, 15) is 9.59 Å². The van der Waals surface area contributed by atoms with Crippen LogP contribution in [0.25, 0.3) is 0 Å². The molecule has 0 fully saturated rings. The van der Waals surface area contributed by atoms with Crippen molar-refractivity contribution in [3.63, 3.8) is 0 Å². The molecule has 0 rings (SSSR count).